The molecule has 0 aliphatic heterocycles. The maximum absolute atomic E-state index is 12.4. The van der Waals surface area contributed by atoms with Gasteiger partial charge in [0.2, 0.25) is 5.95 Å². The standard InChI is InChI=1S/C20H27N5O/c1-3-25(4-2)18-11-9-17(10-12-18)23-19(26)15-13-21-20(22-14-15)24-16-7-5-6-8-16/h9-14,16H,3-8H2,1-2H3,(H,23,26)(H,21,22,24). The number of benzene rings is 1. The lowest BCUT2D eigenvalue weighted by Gasteiger charge is -2.21. The molecule has 1 amide bonds. The first-order valence-corrected chi connectivity index (χ1v) is 9.44. The van der Waals surface area contributed by atoms with Gasteiger partial charge in [-0.2, -0.15) is 0 Å². The van der Waals surface area contributed by atoms with E-state index < -0.39 is 0 Å². The van der Waals surface area contributed by atoms with Crippen LogP contribution in [0.2, 0.25) is 0 Å². The Morgan fingerprint density at radius 1 is 1.08 bits per heavy atom. The summed E-state index contributed by atoms with van der Waals surface area (Å²) in [6, 6.07) is 8.34. The van der Waals surface area contributed by atoms with Crippen LogP contribution in [0.15, 0.2) is 36.7 Å². The van der Waals surface area contributed by atoms with Gasteiger partial charge in [0, 0.05) is 42.9 Å². The number of nitrogens with zero attached hydrogens (tertiary/aromatic N) is 3. The number of aromatic nitrogens is 2. The molecular formula is C20H27N5O. The number of carbonyl (C=O) groups excluding carboxylic acids is 1. The van der Waals surface area contributed by atoms with Crippen molar-refractivity contribution in [3.05, 3.63) is 42.2 Å². The molecule has 0 saturated heterocycles. The van der Waals surface area contributed by atoms with Crippen LogP contribution in [0.4, 0.5) is 17.3 Å². The van der Waals surface area contributed by atoms with Crippen molar-refractivity contribution in [1.82, 2.24) is 9.97 Å². The van der Waals surface area contributed by atoms with E-state index in [1.54, 1.807) is 12.4 Å². The third-order valence-corrected chi connectivity index (χ3v) is 4.86. The first-order chi connectivity index (χ1) is 12.7. The van der Waals surface area contributed by atoms with Gasteiger partial charge in [-0.05, 0) is 51.0 Å². The minimum atomic E-state index is -0.201. The molecule has 6 heteroatoms. The molecule has 0 radical (unpaired) electrons. The van der Waals surface area contributed by atoms with Crippen LogP contribution >= 0.6 is 0 Å². The topological polar surface area (TPSA) is 70.2 Å². The first-order valence-electron chi connectivity index (χ1n) is 9.44. The third-order valence-electron chi connectivity index (χ3n) is 4.86. The summed E-state index contributed by atoms with van der Waals surface area (Å²) in [6.07, 6.45) is 7.98. The van der Waals surface area contributed by atoms with Crippen LogP contribution < -0.4 is 15.5 Å². The number of anilines is 3. The molecule has 0 spiro atoms. The van der Waals surface area contributed by atoms with Crippen LogP contribution in [0.3, 0.4) is 0 Å². The molecule has 1 aromatic carbocycles. The van der Waals surface area contributed by atoms with E-state index in [4.69, 9.17) is 0 Å². The lowest BCUT2D eigenvalue weighted by Crippen LogP contribution is -2.21. The molecule has 2 aromatic rings. The zero-order valence-corrected chi connectivity index (χ0v) is 15.5. The molecule has 1 aliphatic carbocycles. The fourth-order valence-corrected chi connectivity index (χ4v) is 3.32. The zero-order valence-electron chi connectivity index (χ0n) is 15.5. The quantitative estimate of drug-likeness (QED) is 0.789. The zero-order chi connectivity index (χ0) is 18.4. The molecule has 0 atom stereocenters. The molecule has 0 bridgehead atoms. The normalized spacial score (nSPS) is 14.2. The van der Waals surface area contributed by atoms with Crippen molar-refractivity contribution in [2.75, 3.05) is 28.6 Å². The maximum atomic E-state index is 12.4. The summed E-state index contributed by atoms with van der Waals surface area (Å²) in [4.78, 5) is 23.2. The average molecular weight is 353 g/mol. The predicted molar refractivity (Wildman–Crippen MR) is 106 cm³/mol. The maximum Gasteiger partial charge on any atom is 0.258 e. The molecule has 3 rings (SSSR count). The molecule has 2 N–H and O–H groups in total. The van der Waals surface area contributed by atoms with Crippen molar-refractivity contribution in [3.63, 3.8) is 0 Å². The summed E-state index contributed by atoms with van der Waals surface area (Å²) in [7, 11) is 0. The summed E-state index contributed by atoms with van der Waals surface area (Å²) in [5.41, 5.74) is 2.37. The molecule has 138 valence electrons. The Kier molecular flexibility index (Phi) is 6.04. The van der Waals surface area contributed by atoms with Gasteiger partial charge in [0.25, 0.3) is 5.91 Å². The van der Waals surface area contributed by atoms with Crippen molar-refractivity contribution in [1.29, 1.82) is 0 Å². The Balaban J connectivity index is 1.58. The van der Waals surface area contributed by atoms with Crippen LogP contribution in [-0.4, -0.2) is 35.0 Å². The van der Waals surface area contributed by atoms with E-state index in [2.05, 4.69) is 39.3 Å². The highest BCUT2D eigenvalue weighted by Crippen LogP contribution is 2.21. The van der Waals surface area contributed by atoms with Gasteiger partial charge in [0.1, 0.15) is 0 Å². The van der Waals surface area contributed by atoms with Crippen LogP contribution in [0, 0.1) is 0 Å². The monoisotopic (exact) mass is 353 g/mol. The lowest BCUT2D eigenvalue weighted by atomic mass is 10.2. The Bertz CT molecular complexity index is 704. The second-order valence-corrected chi connectivity index (χ2v) is 6.59. The van der Waals surface area contributed by atoms with Gasteiger partial charge in [0.15, 0.2) is 0 Å². The molecule has 0 unspecified atom stereocenters. The number of hydrogen-bond donors (Lipinski definition) is 2. The summed E-state index contributed by atoms with van der Waals surface area (Å²) >= 11 is 0. The van der Waals surface area contributed by atoms with E-state index in [1.165, 1.54) is 12.8 Å². The van der Waals surface area contributed by atoms with Gasteiger partial charge < -0.3 is 15.5 Å². The summed E-state index contributed by atoms with van der Waals surface area (Å²) in [6.45, 7) is 6.18. The second kappa shape index (κ2) is 8.65. The lowest BCUT2D eigenvalue weighted by molar-refractivity contribution is 0.102. The van der Waals surface area contributed by atoms with Crippen molar-refractivity contribution < 1.29 is 4.79 Å². The molecule has 1 aromatic heterocycles. The van der Waals surface area contributed by atoms with Crippen molar-refractivity contribution in [3.8, 4) is 0 Å². The van der Waals surface area contributed by atoms with Crippen LogP contribution in [0.1, 0.15) is 49.9 Å². The minimum Gasteiger partial charge on any atom is -0.372 e. The molecular weight excluding hydrogens is 326 g/mol. The molecule has 1 aliphatic rings. The predicted octanol–water partition coefficient (Wildman–Crippen LogP) is 3.93. The van der Waals surface area contributed by atoms with Gasteiger partial charge in [0.05, 0.1) is 5.56 Å². The number of carbonyl (C=O) groups is 1. The molecule has 1 saturated carbocycles. The fraction of sp³-hybridized carbons (Fsp3) is 0.450. The Labute approximate surface area is 155 Å². The van der Waals surface area contributed by atoms with E-state index in [1.807, 2.05) is 24.3 Å². The largest absolute Gasteiger partial charge is 0.372 e. The van der Waals surface area contributed by atoms with E-state index >= 15 is 0 Å². The Hall–Kier alpha value is -2.63. The van der Waals surface area contributed by atoms with E-state index in [-0.39, 0.29) is 5.91 Å². The van der Waals surface area contributed by atoms with Gasteiger partial charge in [-0.1, -0.05) is 12.8 Å². The van der Waals surface area contributed by atoms with E-state index in [9.17, 15) is 4.79 Å². The molecule has 6 nitrogen and oxygen atoms in total. The molecule has 1 heterocycles. The van der Waals surface area contributed by atoms with E-state index in [0.29, 0.717) is 17.6 Å². The Morgan fingerprint density at radius 3 is 2.27 bits per heavy atom. The van der Waals surface area contributed by atoms with Gasteiger partial charge in [-0.25, -0.2) is 9.97 Å². The highest BCUT2D eigenvalue weighted by Gasteiger charge is 2.16. The smallest absolute Gasteiger partial charge is 0.258 e. The van der Waals surface area contributed by atoms with Crippen molar-refractivity contribution >= 4 is 23.2 Å². The van der Waals surface area contributed by atoms with Crippen LogP contribution in [0.5, 0.6) is 0 Å². The SMILES string of the molecule is CCN(CC)c1ccc(NC(=O)c2cnc(NC3CCCC3)nc2)cc1. The average Bonchev–Trinajstić information content (AvgIpc) is 3.18. The van der Waals surface area contributed by atoms with Gasteiger partial charge in [-0.15, -0.1) is 0 Å². The summed E-state index contributed by atoms with van der Waals surface area (Å²) in [5.74, 6) is 0.394. The van der Waals surface area contributed by atoms with Crippen molar-refractivity contribution in [2.24, 2.45) is 0 Å². The van der Waals surface area contributed by atoms with Crippen LogP contribution in [0.25, 0.3) is 0 Å². The third kappa shape index (κ3) is 4.50. The minimum absolute atomic E-state index is 0.201. The van der Waals surface area contributed by atoms with E-state index in [0.717, 1.165) is 37.3 Å². The van der Waals surface area contributed by atoms with Crippen molar-refractivity contribution in [2.45, 2.75) is 45.6 Å². The number of rotatable bonds is 7. The highest BCUT2D eigenvalue weighted by molar-refractivity contribution is 6.03. The number of hydrogen-bond acceptors (Lipinski definition) is 5. The molecule has 26 heavy (non-hydrogen) atoms. The fourth-order valence-electron chi connectivity index (χ4n) is 3.32. The first kappa shape index (κ1) is 18.2. The molecule has 1 fully saturated rings. The number of nitrogens with one attached hydrogen (secondary N) is 2. The Morgan fingerprint density at radius 2 is 1.69 bits per heavy atom. The summed E-state index contributed by atoms with van der Waals surface area (Å²) < 4.78 is 0. The van der Waals surface area contributed by atoms with Crippen LogP contribution in [-0.2, 0) is 0 Å². The van der Waals surface area contributed by atoms with Gasteiger partial charge >= 0.3 is 0 Å². The highest BCUT2D eigenvalue weighted by atomic mass is 16.1. The summed E-state index contributed by atoms with van der Waals surface area (Å²) in [5, 5.41) is 6.22. The second-order valence-electron chi connectivity index (χ2n) is 6.59. The van der Waals surface area contributed by atoms with Gasteiger partial charge in [-0.3, -0.25) is 4.79 Å². The number of amides is 1.